The molecule has 0 aromatic heterocycles. The van der Waals surface area contributed by atoms with Gasteiger partial charge < -0.3 is 15.3 Å². The Kier molecular flexibility index (Phi) is 6.53. The van der Waals surface area contributed by atoms with Crippen LogP contribution in [0.5, 0.6) is 0 Å². The van der Waals surface area contributed by atoms with Crippen LogP contribution in [-0.2, 0) is 4.79 Å². The molecule has 5 rings (SSSR count). The zero-order valence-electron chi connectivity index (χ0n) is 14.8. The minimum Gasteiger partial charge on any atom is -0.479 e. The van der Waals surface area contributed by atoms with Crippen LogP contribution < -0.4 is 5.32 Å². The van der Waals surface area contributed by atoms with Crippen molar-refractivity contribution in [2.75, 3.05) is 25.0 Å². The number of aliphatic carboxylic acids is 1. The van der Waals surface area contributed by atoms with E-state index in [1.165, 1.54) is 38.9 Å². The molecule has 3 saturated heterocycles. The van der Waals surface area contributed by atoms with E-state index in [4.69, 9.17) is 11.6 Å². The highest BCUT2D eigenvalue weighted by atomic mass is 35.5. The molecule has 1 atom stereocenters. The summed E-state index contributed by atoms with van der Waals surface area (Å²) in [5.74, 6) is 0.182. The highest BCUT2D eigenvalue weighted by Gasteiger charge is 2.24. The lowest BCUT2D eigenvalue weighted by atomic mass is 9.89. The predicted octanol–water partition coefficient (Wildman–Crippen LogP) is 4.68. The number of nitrogens with one attached hydrogen (secondary N) is 1. The monoisotopic (exact) mass is 372 g/mol. The van der Waals surface area contributed by atoms with Gasteiger partial charge in [-0.25, -0.2) is 4.79 Å². The molecule has 2 bridgehead atoms. The number of rotatable bonds is 4. The van der Waals surface area contributed by atoms with E-state index in [1.807, 2.05) is 30.3 Å². The number of halogens is 1. The fourth-order valence-corrected chi connectivity index (χ4v) is 3.63. The van der Waals surface area contributed by atoms with Crippen molar-refractivity contribution in [2.24, 2.45) is 5.92 Å². The molecule has 3 heterocycles. The van der Waals surface area contributed by atoms with Crippen molar-refractivity contribution in [3.63, 3.8) is 0 Å². The number of nitrogens with zero attached hydrogens (tertiary/aromatic N) is 1. The lowest BCUT2D eigenvalue weighted by Crippen LogP contribution is -2.41. The average Bonchev–Trinajstić information content (AvgIpc) is 2.70. The fraction of sp³-hybridized carbons (Fsp3) is 0.381. The molecule has 0 spiro atoms. The maximum absolute atomic E-state index is 11.3. The van der Waals surface area contributed by atoms with E-state index in [0.29, 0.717) is 10.6 Å². The number of benzene rings is 2. The van der Waals surface area contributed by atoms with Crippen LogP contribution in [0.2, 0.25) is 5.02 Å². The molecule has 2 aromatic rings. The summed E-state index contributed by atoms with van der Waals surface area (Å²) in [4.78, 5) is 13.9. The molecule has 0 saturated carbocycles. The Bertz CT molecular complexity index is 675. The molecular formula is C21H25ClN2O2. The Hall–Kier alpha value is -2.04. The van der Waals surface area contributed by atoms with Gasteiger partial charge in [-0.05, 0) is 74.6 Å². The van der Waals surface area contributed by atoms with Gasteiger partial charge in [-0.15, -0.1) is 0 Å². The summed E-state index contributed by atoms with van der Waals surface area (Å²) in [7, 11) is 0. The molecule has 3 aliphatic rings. The first-order valence-electron chi connectivity index (χ1n) is 9.14. The molecule has 26 heavy (non-hydrogen) atoms. The van der Waals surface area contributed by atoms with Crippen molar-refractivity contribution in [2.45, 2.75) is 25.3 Å². The van der Waals surface area contributed by atoms with Crippen LogP contribution in [0.15, 0.2) is 54.6 Å². The van der Waals surface area contributed by atoms with Gasteiger partial charge in [-0.3, -0.25) is 0 Å². The standard InChI is InChI=1S/C14H12ClNO2.C7H13N/c15-11-8-6-10(7-9-11)13(14(17)18)16-12-4-2-1-3-5-12;1-4-8-5-2-7(1)3-6-8/h1-9,13,16H,(H,17,18);7H,1-6H2. The molecule has 0 radical (unpaired) electrons. The van der Waals surface area contributed by atoms with Gasteiger partial charge in [-0.1, -0.05) is 41.9 Å². The number of fused-ring (bicyclic) bond motifs is 3. The normalized spacial score (nSPS) is 22.0. The van der Waals surface area contributed by atoms with Crippen LogP contribution in [0.4, 0.5) is 5.69 Å². The first-order chi connectivity index (χ1) is 12.6. The SMILES string of the molecule is C1CN2CCC1CC2.O=C(O)C(Nc1ccccc1)c1ccc(Cl)cc1. The summed E-state index contributed by atoms with van der Waals surface area (Å²) in [5, 5.41) is 12.8. The maximum atomic E-state index is 11.3. The highest BCUT2D eigenvalue weighted by Crippen LogP contribution is 2.26. The third-order valence-electron chi connectivity index (χ3n) is 5.10. The molecule has 0 aliphatic carbocycles. The molecule has 2 N–H and O–H groups in total. The van der Waals surface area contributed by atoms with Crippen LogP contribution in [0, 0.1) is 5.92 Å². The molecular weight excluding hydrogens is 348 g/mol. The van der Waals surface area contributed by atoms with Crippen molar-refractivity contribution in [3.8, 4) is 0 Å². The Morgan fingerprint density at radius 2 is 1.58 bits per heavy atom. The maximum Gasteiger partial charge on any atom is 0.330 e. The van der Waals surface area contributed by atoms with Gasteiger partial charge in [0.1, 0.15) is 0 Å². The zero-order chi connectivity index (χ0) is 18.4. The lowest BCUT2D eigenvalue weighted by Gasteiger charge is -2.38. The Morgan fingerprint density at radius 1 is 1.00 bits per heavy atom. The third-order valence-corrected chi connectivity index (χ3v) is 5.35. The smallest absolute Gasteiger partial charge is 0.330 e. The summed E-state index contributed by atoms with van der Waals surface area (Å²) in [6, 6.07) is 15.2. The van der Waals surface area contributed by atoms with Crippen molar-refractivity contribution >= 4 is 23.3 Å². The van der Waals surface area contributed by atoms with E-state index in [-0.39, 0.29) is 0 Å². The molecule has 3 aliphatic heterocycles. The summed E-state index contributed by atoms with van der Waals surface area (Å²) < 4.78 is 0. The number of carbonyl (C=O) groups is 1. The number of hydrogen-bond acceptors (Lipinski definition) is 3. The molecule has 5 heteroatoms. The van der Waals surface area contributed by atoms with Crippen molar-refractivity contribution in [3.05, 3.63) is 65.2 Å². The molecule has 3 fully saturated rings. The van der Waals surface area contributed by atoms with E-state index in [2.05, 4.69) is 10.2 Å². The van der Waals surface area contributed by atoms with E-state index in [1.54, 1.807) is 24.3 Å². The molecule has 0 amide bonds. The van der Waals surface area contributed by atoms with Gasteiger partial charge >= 0.3 is 5.97 Å². The number of carboxylic acid groups (broad SMARTS) is 1. The van der Waals surface area contributed by atoms with E-state index in [0.717, 1.165) is 11.6 Å². The Balaban J connectivity index is 0.000000201. The van der Waals surface area contributed by atoms with Gasteiger partial charge in [0.05, 0.1) is 0 Å². The number of piperidine rings is 3. The second-order valence-electron chi connectivity index (χ2n) is 6.91. The van der Waals surface area contributed by atoms with Crippen molar-refractivity contribution < 1.29 is 9.90 Å². The fourth-order valence-electron chi connectivity index (χ4n) is 3.51. The number of hydrogen-bond donors (Lipinski definition) is 2. The summed E-state index contributed by atoms with van der Waals surface area (Å²) in [6.45, 7) is 4.18. The van der Waals surface area contributed by atoms with E-state index < -0.39 is 12.0 Å². The molecule has 138 valence electrons. The number of carboxylic acids is 1. The topological polar surface area (TPSA) is 52.6 Å². The summed E-state index contributed by atoms with van der Waals surface area (Å²) in [6.07, 6.45) is 4.46. The van der Waals surface area contributed by atoms with Gasteiger partial charge in [-0.2, -0.15) is 0 Å². The quantitative estimate of drug-likeness (QED) is 0.818. The number of anilines is 1. The number of para-hydroxylation sites is 1. The van der Waals surface area contributed by atoms with Crippen LogP contribution in [0.25, 0.3) is 0 Å². The molecule has 2 aromatic carbocycles. The highest BCUT2D eigenvalue weighted by molar-refractivity contribution is 6.30. The van der Waals surface area contributed by atoms with E-state index in [9.17, 15) is 9.90 Å². The Morgan fingerprint density at radius 3 is 2.00 bits per heavy atom. The van der Waals surface area contributed by atoms with Crippen LogP contribution in [0.3, 0.4) is 0 Å². The predicted molar refractivity (Wildman–Crippen MR) is 106 cm³/mol. The van der Waals surface area contributed by atoms with Crippen molar-refractivity contribution in [1.29, 1.82) is 0 Å². The van der Waals surface area contributed by atoms with Gasteiger partial charge in [0, 0.05) is 10.7 Å². The van der Waals surface area contributed by atoms with Crippen LogP contribution >= 0.6 is 11.6 Å². The van der Waals surface area contributed by atoms with Gasteiger partial charge in [0.2, 0.25) is 0 Å². The first kappa shape index (κ1) is 18.7. The summed E-state index contributed by atoms with van der Waals surface area (Å²) >= 11 is 5.79. The molecule has 4 nitrogen and oxygen atoms in total. The second-order valence-corrected chi connectivity index (χ2v) is 7.34. The third kappa shape index (κ3) is 5.23. The van der Waals surface area contributed by atoms with Gasteiger partial charge in [0.15, 0.2) is 6.04 Å². The largest absolute Gasteiger partial charge is 0.479 e. The second kappa shape index (κ2) is 9.06. The zero-order valence-corrected chi connectivity index (χ0v) is 15.5. The lowest BCUT2D eigenvalue weighted by molar-refractivity contribution is -0.138. The average molecular weight is 373 g/mol. The summed E-state index contributed by atoms with van der Waals surface area (Å²) in [5.41, 5.74) is 1.43. The minimum absolute atomic E-state index is 0.586. The minimum atomic E-state index is -0.929. The van der Waals surface area contributed by atoms with Crippen molar-refractivity contribution in [1.82, 2.24) is 4.90 Å². The van der Waals surface area contributed by atoms with Crippen LogP contribution in [-0.4, -0.2) is 35.6 Å². The Labute approximate surface area is 159 Å². The van der Waals surface area contributed by atoms with E-state index >= 15 is 0 Å². The molecule has 1 unspecified atom stereocenters. The van der Waals surface area contributed by atoms with Gasteiger partial charge in [0.25, 0.3) is 0 Å². The first-order valence-corrected chi connectivity index (χ1v) is 9.52. The van der Waals surface area contributed by atoms with Crippen LogP contribution in [0.1, 0.15) is 30.9 Å².